The van der Waals surface area contributed by atoms with Crippen LogP contribution in [0.25, 0.3) is 11.1 Å². The maximum absolute atomic E-state index is 12.9. The van der Waals surface area contributed by atoms with Crippen molar-refractivity contribution in [2.45, 2.75) is 32.2 Å². The molecule has 154 valence electrons. The number of nitrogens with zero attached hydrogens (tertiary/aromatic N) is 2. The zero-order chi connectivity index (χ0) is 21.3. The molecule has 1 atom stereocenters. The fourth-order valence-electron chi connectivity index (χ4n) is 3.56. The van der Waals surface area contributed by atoms with Crippen molar-refractivity contribution < 1.29 is 18.8 Å². The Morgan fingerprint density at radius 3 is 2.73 bits per heavy atom. The fourth-order valence-corrected chi connectivity index (χ4v) is 3.56. The Labute approximate surface area is 173 Å². The van der Waals surface area contributed by atoms with Gasteiger partial charge in [0.25, 0.3) is 5.91 Å². The molecule has 4 rings (SSSR count). The first-order valence-corrected chi connectivity index (χ1v) is 9.69. The van der Waals surface area contributed by atoms with Crippen molar-refractivity contribution in [2.24, 2.45) is 0 Å². The molecule has 2 heterocycles. The average Bonchev–Trinajstić information content (AvgIpc) is 3.18. The molecule has 8 nitrogen and oxygen atoms in total. The van der Waals surface area contributed by atoms with Crippen LogP contribution in [0.2, 0.25) is 0 Å². The molecule has 0 saturated carbocycles. The van der Waals surface area contributed by atoms with Crippen molar-refractivity contribution in [3.63, 3.8) is 0 Å². The van der Waals surface area contributed by atoms with Crippen LogP contribution >= 0.6 is 0 Å². The van der Waals surface area contributed by atoms with Gasteiger partial charge in [-0.1, -0.05) is 30.3 Å². The van der Waals surface area contributed by atoms with Gasteiger partial charge in [0, 0.05) is 12.6 Å². The number of benzene rings is 2. The second-order valence-corrected chi connectivity index (χ2v) is 7.60. The van der Waals surface area contributed by atoms with Crippen molar-refractivity contribution in [3.8, 4) is 0 Å². The number of fused-ring (bicyclic) bond motifs is 1. The monoisotopic (exact) mass is 406 g/mol. The summed E-state index contributed by atoms with van der Waals surface area (Å²) in [5, 5.41) is 5.43. The Balaban J connectivity index is 1.40. The average molecular weight is 406 g/mol. The van der Waals surface area contributed by atoms with E-state index in [1.54, 1.807) is 32.0 Å². The second kappa shape index (κ2) is 7.62. The van der Waals surface area contributed by atoms with Gasteiger partial charge in [0.1, 0.15) is 17.6 Å². The number of amides is 4. The van der Waals surface area contributed by atoms with Crippen LogP contribution in [0.15, 0.2) is 52.9 Å². The van der Waals surface area contributed by atoms with Gasteiger partial charge in [-0.2, -0.15) is 0 Å². The highest BCUT2D eigenvalue weighted by Crippen LogP contribution is 2.24. The molecule has 3 aromatic rings. The van der Waals surface area contributed by atoms with Gasteiger partial charge in [-0.15, -0.1) is 0 Å². The molecule has 0 aliphatic carbocycles. The van der Waals surface area contributed by atoms with E-state index in [0.717, 1.165) is 10.5 Å². The highest BCUT2D eigenvalue weighted by molar-refractivity contribution is 6.10. The van der Waals surface area contributed by atoms with E-state index in [1.807, 2.05) is 30.3 Å². The lowest BCUT2D eigenvalue weighted by Gasteiger charge is -2.21. The number of aromatic nitrogens is 1. The lowest BCUT2D eigenvalue weighted by atomic mass is 9.93. The molecule has 0 bridgehead atoms. The molecule has 1 saturated heterocycles. The Hall–Kier alpha value is -3.68. The van der Waals surface area contributed by atoms with Crippen LogP contribution in [0.3, 0.4) is 0 Å². The van der Waals surface area contributed by atoms with Gasteiger partial charge in [0.2, 0.25) is 5.91 Å². The van der Waals surface area contributed by atoms with E-state index in [4.69, 9.17) is 4.42 Å². The summed E-state index contributed by atoms with van der Waals surface area (Å²) in [4.78, 5) is 42.9. The van der Waals surface area contributed by atoms with Crippen molar-refractivity contribution in [3.05, 3.63) is 60.0 Å². The van der Waals surface area contributed by atoms with Crippen LogP contribution in [0.4, 0.5) is 10.5 Å². The number of anilines is 1. The van der Waals surface area contributed by atoms with E-state index in [-0.39, 0.29) is 6.54 Å². The highest BCUT2D eigenvalue weighted by Gasteiger charge is 2.47. The number of nitrogens with one attached hydrogen (secondary N) is 2. The summed E-state index contributed by atoms with van der Waals surface area (Å²) in [6.07, 6.45) is 1.09. The number of imide groups is 1. The number of carbonyl (C=O) groups is 3. The first-order valence-electron chi connectivity index (χ1n) is 9.69. The molecule has 0 spiro atoms. The van der Waals surface area contributed by atoms with Crippen LogP contribution in [0.1, 0.15) is 24.8 Å². The molecule has 1 aliphatic heterocycles. The number of rotatable bonds is 6. The van der Waals surface area contributed by atoms with Crippen LogP contribution in [-0.2, 0) is 16.0 Å². The minimum atomic E-state index is -1.04. The van der Waals surface area contributed by atoms with Crippen molar-refractivity contribution in [1.82, 2.24) is 15.2 Å². The minimum absolute atomic E-state index is 0.360. The molecule has 1 aliphatic rings. The van der Waals surface area contributed by atoms with Crippen LogP contribution in [0.5, 0.6) is 0 Å². The molecular weight excluding hydrogens is 384 g/mol. The molecule has 4 amide bonds. The number of hydrogen-bond acceptors (Lipinski definition) is 5. The molecule has 8 heteroatoms. The predicted molar refractivity (Wildman–Crippen MR) is 111 cm³/mol. The molecule has 2 N–H and O–H groups in total. The number of urea groups is 1. The normalized spacial score (nSPS) is 18.7. The molecule has 0 radical (unpaired) electrons. The van der Waals surface area contributed by atoms with E-state index in [1.165, 1.54) is 0 Å². The smallest absolute Gasteiger partial charge is 0.325 e. The summed E-state index contributed by atoms with van der Waals surface area (Å²) in [5.74, 6) is -0.339. The van der Waals surface area contributed by atoms with E-state index in [9.17, 15) is 14.4 Å². The first kappa shape index (κ1) is 19.6. The largest absolute Gasteiger partial charge is 0.441 e. The predicted octanol–water partition coefficient (Wildman–Crippen LogP) is 3.02. The van der Waals surface area contributed by atoms with E-state index < -0.39 is 23.4 Å². The van der Waals surface area contributed by atoms with Crippen LogP contribution < -0.4 is 10.6 Å². The Morgan fingerprint density at radius 1 is 1.20 bits per heavy atom. The molecular formula is C22H22N4O4. The number of hydrogen-bond donors (Lipinski definition) is 2. The number of carbonyl (C=O) groups excluding carboxylic acids is 3. The SMILES string of the molecule is Cc1nc2cc(NC(=O)CN3C(=O)N[C@@](C)(CCc4ccccc4)C3=O)ccc2o1. The van der Waals surface area contributed by atoms with Gasteiger partial charge in [-0.05, 0) is 43.5 Å². The summed E-state index contributed by atoms with van der Waals surface area (Å²) < 4.78 is 5.41. The molecule has 0 unspecified atom stereocenters. The van der Waals surface area contributed by atoms with Gasteiger partial charge in [0.15, 0.2) is 11.5 Å². The molecule has 2 aromatic carbocycles. The zero-order valence-electron chi connectivity index (χ0n) is 16.8. The highest BCUT2D eigenvalue weighted by atomic mass is 16.3. The summed E-state index contributed by atoms with van der Waals surface area (Å²) in [6.45, 7) is 3.07. The Bertz CT molecular complexity index is 1120. The summed E-state index contributed by atoms with van der Waals surface area (Å²) in [5.41, 5.74) is 1.79. The standard InChI is InChI=1S/C22H22N4O4/c1-14-23-17-12-16(8-9-18(17)30-14)24-19(27)13-26-20(28)22(2,25-21(26)29)11-10-15-6-4-3-5-7-15/h3-9,12H,10-11,13H2,1-2H3,(H,24,27)(H,25,29)/t22-/m0/s1. The zero-order valence-corrected chi connectivity index (χ0v) is 16.8. The third-order valence-corrected chi connectivity index (χ3v) is 5.18. The molecule has 30 heavy (non-hydrogen) atoms. The van der Waals surface area contributed by atoms with Gasteiger partial charge >= 0.3 is 6.03 Å². The van der Waals surface area contributed by atoms with E-state index in [2.05, 4.69) is 15.6 Å². The van der Waals surface area contributed by atoms with E-state index in [0.29, 0.717) is 35.5 Å². The van der Waals surface area contributed by atoms with Crippen molar-refractivity contribution >= 4 is 34.6 Å². The lowest BCUT2D eigenvalue weighted by Crippen LogP contribution is -2.45. The van der Waals surface area contributed by atoms with Crippen LogP contribution in [0, 0.1) is 6.92 Å². The van der Waals surface area contributed by atoms with Gasteiger partial charge in [-0.3, -0.25) is 14.5 Å². The molecule has 1 fully saturated rings. The van der Waals surface area contributed by atoms with Crippen molar-refractivity contribution in [1.29, 1.82) is 0 Å². The van der Waals surface area contributed by atoms with Crippen LogP contribution in [-0.4, -0.2) is 39.8 Å². The quantitative estimate of drug-likeness (QED) is 0.613. The molecule has 1 aromatic heterocycles. The Morgan fingerprint density at radius 2 is 1.97 bits per heavy atom. The van der Waals surface area contributed by atoms with Gasteiger partial charge in [-0.25, -0.2) is 9.78 Å². The summed E-state index contributed by atoms with van der Waals surface area (Å²) >= 11 is 0. The minimum Gasteiger partial charge on any atom is -0.441 e. The summed E-state index contributed by atoms with van der Waals surface area (Å²) in [6, 6.07) is 14.2. The number of aryl methyl sites for hydroxylation is 2. The Kier molecular flexibility index (Phi) is 4.99. The topological polar surface area (TPSA) is 105 Å². The third kappa shape index (κ3) is 3.89. The van der Waals surface area contributed by atoms with E-state index >= 15 is 0 Å². The first-order chi connectivity index (χ1) is 14.3. The second-order valence-electron chi connectivity index (χ2n) is 7.60. The fraction of sp³-hybridized carbons (Fsp3) is 0.273. The third-order valence-electron chi connectivity index (χ3n) is 5.18. The van der Waals surface area contributed by atoms with Gasteiger partial charge in [0.05, 0.1) is 0 Å². The summed E-state index contributed by atoms with van der Waals surface area (Å²) in [7, 11) is 0. The lowest BCUT2D eigenvalue weighted by molar-refractivity contribution is -0.133. The van der Waals surface area contributed by atoms with Gasteiger partial charge < -0.3 is 15.1 Å². The maximum atomic E-state index is 12.9. The van der Waals surface area contributed by atoms with Crippen molar-refractivity contribution in [2.75, 3.05) is 11.9 Å². The number of oxazole rings is 1. The maximum Gasteiger partial charge on any atom is 0.325 e.